The number of carbonyl (C=O) groups is 1. The van der Waals surface area contributed by atoms with Crippen molar-refractivity contribution in [2.45, 2.75) is 12.8 Å². The third-order valence-electron chi connectivity index (χ3n) is 3.48. The molecule has 0 aliphatic rings. The summed E-state index contributed by atoms with van der Waals surface area (Å²) in [5, 5.41) is 6.59. The first-order valence-electron chi connectivity index (χ1n) is 7.42. The Balaban J connectivity index is 1.64. The molecule has 0 aliphatic heterocycles. The highest BCUT2D eigenvalue weighted by molar-refractivity contribution is 5.94. The molecule has 0 spiro atoms. The first-order valence-corrected chi connectivity index (χ1v) is 7.42. The minimum Gasteiger partial charge on any atom is -0.351 e. The van der Waals surface area contributed by atoms with Crippen molar-refractivity contribution >= 4 is 5.91 Å². The van der Waals surface area contributed by atoms with Crippen LogP contribution in [-0.2, 0) is 0 Å². The maximum atomic E-state index is 13.5. The van der Waals surface area contributed by atoms with E-state index in [1.165, 1.54) is 12.3 Å². The predicted octanol–water partition coefficient (Wildman–Crippen LogP) is 2.80. The Morgan fingerprint density at radius 1 is 1.29 bits per heavy atom. The Hall–Kier alpha value is -3.09. The fraction of sp³-hybridized carbons (Fsp3) is 0.176. The number of benzene rings is 1. The number of nitrogens with zero attached hydrogens (tertiary/aromatic N) is 3. The number of hydrogen-bond acceptors (Lipinski definition) is 5. The van der Waals surface area contributed by atoms with Crippen LogP contribution in [0.4, 0.5) is 4.39 Å². The highest BCUT2D eigenvalue weighted by Gasteiger charge is 2.17. The molecule has 0 aliphatic carbocycles. The summed E-state index contributed by atoms with van der Waals surface area (Å²) in [6, 6.07) is 10.8. The van der Waals surface area contributed by atoms with Gasteiger partial charge in [-0.1, -0.05) is 42.4 Å². The van der Waals surface area contributed by atoms with Crippen LogP contribution in [0.3, 0.4) is 0 Å². The van der Waals surface area contributed by atoms with Gasteiger partial charge in [-0.3, -0.25) is 9.78 Å². The van der Waals surface area contributed by atoms with E-state index in [1.54, 1.807) is 0 Å². The van der Waals surface area contributed by atoms with Gasteiger partial charge < -0.3 is 9.84 Å². The fourth-order valence-electron chi connectivity index (χ4n) is 2.13. The first kappa shape index (κ1) is 15.8. The van der Waals surface area contributed by atoms with Crippen molar-refractivity contribution in [3.63, 3.8) is 0 Å². The van der Waals surface area contributed by atoms with Crippen molar-refractivity contribution in [3.8, 4) is 11.4 Å². The SMILES string of the molecule is C[C@@H](CNC(=O)c1ccncc1F)c1nc(-c2ccccc2)no1. The molecule has 0 radical (unpaired) electrons. The lowest BCUT2D eigenvalue weighted by atomic mass is 10.1. The molecule has 6 nitrogen and oxygen atoms in total. The lowest BCUT2D eigenvalue weighted by molar-refractivity contribution is 0.0946. The summed E-state index contributed by atoms with van der Waals surface area (Å²) in [7, 11) is 0. The molecule has 0 saturated heterocycles. The third kappa shape index (κ3) is 3.45. The molecule has 2 heterocycles. The number of amides is 1. The standard InChI is InChI=1S/C17H15FN4O2/c1-11(9-20-16(23)13-7-8-19-10-14(13)18)17-21-15(22-24-17)12-5-3-2-4-6-12/h2-8,10-11H,9H2,1H3,(H,20,23)/t11-/m0/s1. The number of aromatic nitrogens is 3. The number of carbonyl (C=O) groups excluding carboxylic acids is 1. The summed E-state index contributed by atoms with van der Waals surface area (Å²) in [5.41, 5.74) is 0.801. The number of halogens is 1. The van der Waals surface area contributed by atoms with Gasteiger partial charge >= 0.3 is 0 Å². The van der Waals surface area contributed by atoms with Gasteiger partial charge in [0.1, 0.15) is 0 Å². The molecule has 1 atom stereocenters. The van der Waals surface area contributed by atoms with Gasteiger partial charge in [0.2, 0.25) is 11.7 Å². The Labute approximate surface area is 137 Å². The summed E-state index contributed by atoms with van der Waals surface area (Å²) >= 11 is 0. The molecule has 1 aromatic carbocycles. The molecular formula is C17H15FN4O2. The van der Waals surface area contributed by atoms with E-state index in [9.17, 15) is 9.18 Å². The third-order valence-corrected chi connectivity index (χ3v) is 3.48. The van der Waals surface area contributed by atoms with Crippen LogP contribution in [0.15, 0.2) is 53.3 Å². The van der Waals surface area contributed by atoms with E-state index in [2.05, 4.69) is 20.4 Å². The second-order valence-corrected chi connectivity index (χ2v) is 5.29. The molecule has 0 bridgehead atoms. The van der Waals surface area contributed by atoms with Crippen molar-refractivity contribution in [1.29, 1.82) is 0 Å². The first-order chi connectivity index (χ1) is 11.6. The second kappa shape index (κ2) is 6.99. The van der Waals surface area contributed by atoms with E-state index in [-0.39, 0.29) is 18.0 Å². The van der Waals surface area contributed by atoms with Gasteiger partial charge in [0.05, 0.1) is 17.7 Å². The molecule has 0 saturated carbocycles. The average molecular weight is 326 g/mol. The Morgan fingerprint density at radius 2 is 2.08 bits per heavy atom. The van der Waals surface area contributed by atoms with Crippen LogP contribution in [0.1, 0.15) is 29.1 Å². The van der Waals surface area contributed by atoms with E-state index in [1.807, 2.05) is 37.3 Å². The summed E-state index contributed by atoms with van der Waals surface area (Å²) in [5.74, 6) is -0.478. The van der Waals surface area contributed by atoms with Gasteiger partial charge in [0.15, 0.2) is 5.82 Å². The summed E-state index contributed by atoms with van der Waals surface area (Å²) < 4.78 is 18.8. The predicted molar refractivity (Wildman–Crippen MR) is 84.7 cm³/mol. The zero-order valence-electron chi connectivity index (χ0n) is 12.9. The van der Waals surface area contributed by atoms with E-state index in [4.69, 9.17) is 4.52 Å². The minimum absolute atomic E-state index is 0.0484. The average Bonchev–Trinajstić information content (AvgIpc) is 3.11. The molecule has 0 unspecified atom stereocenters. The van der Waals surface area contributed by atoms with Crippen LogP contribution in [0.2, 0.25) is 0 Å². The van der Waals surface area contributed by atoms with E-state index in [0.29, 0.717) is 11.7 Å². The fourth-order valence-corrected chi connectivity index (χ4v) is 2.13. The van der Waals surface area contributed by atoms with Crippen LogP contribution in [0, 0.1) is 5.82 Å². The summed E-state index contributed by atoms with van der Waals surface area (Å²) in [4.78, 5) is 19.9. The van der Waals surface area contributed by atoms with Crippen molar-refractivity contribution < 1.29 is 13.7 Å². The van der Waals surface area contributed by atoms with Crippen molar-refractivity contribution in [1.82, 2.24) is 20.4 Å². The summed E-state index contributed by atoms with van der Waals surface area (Å²) in [6.45, 7) is 2.09. The van der Waals surface area contributed by atoms with Gasteiger partial charge in [-0.15, -0.1) is 0 Å². The molecule has 7 heteroatoms. The number of hydrogen-bond donors (Lipinski definition) is 1. The molecular weight excluding hydrogens is 311 g/mol. The van der Waals surface area contributed by atoms with Crippen molar-refractivity contribution in [2.75, 3.05) is 6.54 Å². The van der Waals surface area contributed by atoms with E-state index in [0.717, 1.165) is 11.8 Å². The van der Waals surface area contributed by atoms with Gasteiger partial charge in [-0.05, 0) is 6.07 Å². The van der Waals surface area contributed by atoms with Gasteiger partial charge in [-0.25, -0.2) is 4.39 Å². The van der Waals surface area contributed by atoms with Crippen LogP contribution in [0.25, 0.3) is 11.4 Å². The maximum absolute atomic E-state index is 13.5. The molecule has 0 fully saturated rings. The lowest BCUT2D eigenvalue weighted by Crippen LogP contribution is -2.28. The summed E-state index contributed by atoms with van der Waals surface area (Å²) in [6.07, 6.45) is 2.37. The molecule has 3 aromatic rings. The van der Waals surface area contributed by atoms with Gasteiger partial charge in [-0.2, -0.15) is 4.98 Å². The van der Waals surface area contributed by atoms with Crippen molar-refractivity contribution in [3.05, 3.63) is 66.1 Å². The van der Waals surface area contributed by atoms with Crippen LogP contribution in [-0.4, -0.2) is 27.6 Å². The number of rotatable bonds is 5. The quantitative estimate of drug-likeness (QED) is 0.780. The Bertz CT molecular complexity index is 835. The normalized spacial score (nSPS) is 11.9. The zero-order chi connectivity index (χ0) is 16.9. The number of pyridine rings is 1. The van der Waals surface area contributed by atoms with Crippen LogP contribution >= 0.6 is 0 Å². The minimum atomic E-state index is -0.660. The van der Waals surface area contributed by atoms with Gasteiger partial charge in [0, 0.05) is 18.3 Å². The van der Waals surface area contributed by atoms with Crippen molar-refractivity contribution in [2.24, 2.45) is 0 Å². The van der Waals surface area contributed by atoms with E-state index >= 15 is 0 Å². The molecule has 2 aromatic heterocycles. The van der Waals surface area contributed by atoms with E-state index < -0.39 is 11.7 Å². The molecule has 3 rings (SSSR count). The van der Waals surface area contributed by atoms with Crippen LogP contribution < -0.4 is 5.32 Å². The molecule has 1 amide bonds. The highest BCUT2D eigenvalue weighted by Crippen LogP contribution is 2.19. The highest BCUT2D eigenvalue weighted by atomic mass is 19.1. The maximum Gasteiger partial charge on any atom is 0.254 e. The topological polar surface area (TPSA) is 80.9 Å². The second-order valence-electron chi connectivity index (χ2n) is 5.29. The smallest absolute Gasteiger partial charge is 0.254 e. The monoisotopic (exact) mass is 326 g/mol. The van der Waals surface area contributed by atoms with Crippen LogP contribution in [0.5, 0.6) is 0 Å². The molecule has 1 N–H and O–H groups in total. The Kier molecular flexibility index (Phi) is 4.60. The van der Waals surface area contributed by atoms with Gasteiger partial charge in [0.25, 0.3) is 5.91 Å². The Morgan fingerprint density at radius 3 is 2.83 bits per heavy atom. The largest absolute Gasteiger partial charge is 0.351 e. The molecule has 122 valence electrons. The molecule has 24 heavy (non-hydrogen) atoms. The lowest BCUT2D eigenvalue weighted by Gasteiger charge is -2.09. The zero-order valence-corrected chi connectivity index (χ0v) is 12.9. The number of nitrogens with one attached hydrogen (secondary N) is 1.